The van der Waals surface area contributed by atoms with Gasteiger partial charge in [0.25, 0.3) is 5.88 Å². The molecule has 2 aromatic rings. The minimum absolute atomic E-state index is 0.0814. The monoisotopic (exact) mass is 250 g/mol. The first-order valence-electron chi connectivity index (χ1n) is 4.98. The van der Waals surface area contributed by atoms with E-state index < -0.39 is 4.92 Å². The topological polar surface area (TPSA) is 119 Å². The van der Waals surface area contributed by atoms with Crippen molar-refractivity contribution in [2.75, 3.05) is 12.4 Å². The number of ether oxygens (including phenoxy) is 1. The zero-order valence-corrected chi connectivity index (χ0v) is 9.45. The minimum atomic E-state index is -0.589. The van der Waals surface area contributed by atoms with Gasteiger partial charge in [-0.25, -0.2) is 4.98 Å². The average Bonchev–Trinajstić information content (AvgIpc) is 2.88. The van der Waals surface area contributed by atoms with Crippen LogP contribution in [0.2, 0.25) is 0 Å². The highest BCUT2D eigenvalue weighted by Gasteiger charge is 2.23. The first-order valence-corrected chi connectivity index (χ1v) is 4.98. The third-order valence-corrected chi connectivity index (χ3v) is 2.17. The molecule has 0 bridgehead atoms. The molecular formula is C9H10N6O3. The second-order valence-electron chi connectivity index (χ2n) is 3.27. The maximum absolute atomic E-state index is 10.9. The van der Waals surface area contributed by atoms with E-state index in [4.69, 9.17) is 4.74 Å². The third-order valence-electron chi connectivity index (χ3n) is 2.17. The Morgan fingerprint density at radius 1 is 1.56 bits per heavy atom. The van der Waals surface area contributed by atoms with Gasteiger partial charge in [0.1, 0.15) is 6.33 Å². The van der Waals surface area contributed by atoms with E-state index in [0.717, 1.165) is 5.69 Å². The zero-order chi connectivity index (χ0) is 13.0. The molecule has 9 heteroatoms. The van der Waals surface area contributed by atoms with Crippen molar-refractivity contribution in [1.29, 1.82) is 0 Å². The van der Waals surface area contributed by atoms with Crippen LogP contribution in [0.3, 0.4) is 0 Å². The summed E-state index contributed by atoms with van der Waals surface area (Å²) in [6.07, 6.45) is 2.78. The van der Waals surface area contributed by atoms with Crippen molar-refractivity contribution in [3.05, 3.63) is 34.4 Å². The number of nitro groups is 1. The summed E-state index contributed by atoms with van der Waals surface area (Å²) in [6.45, 7) is 0.334. The molecule has 0 amide bonds. The number of nitrogens with zero attached hydrogens (tertiary/aromatic N) is 4. The van der Waals surface area contributed by atoms with Crippen LogP contribution in [0.5, 0.6) is 5.88 Å². The molecule has 0 radical (unpaired) electrons. The largest absolute Gasteiger partial charge is 0.476 e. The Labute approximate surface area is 101 Å². The molecule has 2 heterocycles. The molecule has 0 aliphatic heterocycles. The molecule has 0 saturated heterocycles. The summed E-state index contributed by atoms with van der Waals surface area (Å²) in [4.78, 5) is 17.9. The average molecular weight is 250 g/mol. The second-order valence-corrected chi connectivity index (χ2v) is 3.27. The lowest BCUT2D eigenvalue weighted by molar-refractivity contribution is -0.385. The van der Waals surface area contributed by atoms with Crippen molar-refractivity contribution in [1.82, 2.24) is 20.2 Å². The summed E-state index contributed by atoms with van der Waals surface area (Å²) < 4.78 is 4.83. The molecule has 9 nitrogen and oxygen atoms in total. The van der Waals surface area contributed by atoms with Crippen molar-refractivity contribution in [2.24, 2.45) is 0 Å². The van der Waals surface area contributed by atoms with Crippen LogP contribution in [0.25, 0.3) is 0 Å². The molecule has 0 fully saturated rings. The second kappa shape index (κ2) is 5.08. The highest BCUT2D eigenvalue weighted by atomic mass is 16.6. The van der Waals surface area contributed by atoms with Gasteiger partial charge in [-0.15, -0.1) is 0 Å². The summed E-state index contributed by atoms with van der Waals surface area (Å²) in [5, 5.41) is 20.3. The number of nitrogens with one attached hydrogen (secondary N) is 2. The van der Waals surface area contributed by atoms with Gasteiger partial charge in [-0.2, -0.15) is 10.1 Å². The Bertz CT molecular complexity index is 541. The highest BCUT2D eigenvalue weighted by Crippen LogP contribution is 2.30. The minimum Gasteiger partial charge on any atom is -0.476 e. The molecule has 2 N–H and O–H groups in total. The molecule has 94 valence electrons. The molecule has 0 aliphatic rings. The van der Waals surface area contributed by atoms with Crippen molar-refractivity contribution in [3.63, 3.8) is 0 Å². The summed E-state index contributed by atoms with van der Waals surface area (Å²) in [5.74, 6) is 0.0172. The lowest BCUT2D eigenvalue weighted by Gasteiger charge is -2.06. The van der Waals surface area contributed by atoms with E-state index in [9.17, 15) is 10.1 Å². The van der Waals surface area contributed by atoms with Gasteiger partial charge in [0.15, 0.2) is 0 Å². The van der Waals surface area contributed by atoms with Crippen molar-refractivity contribution >= 4 is 11.5 Å². The number of hydrogen-bond acceptors (Lipinski definition) is 7. The van der Waals surface area contributed by atoms with Gasteiger partial charge in [-0.05, 0) is 6.07 Å². The van der Waals surface area contributed by atoms with E-state index in [2.05, 4.69) is 25.5 Å². The van der Waals surface area contributed by atoms with Crippen LogP contribution in [0.1, 0.15) is 5.69 Å². The van der Waals surface area contributed by atoms with Crippen LogP contribution < -0.4 is 10.1 Å². The fourth-order valence-electron chi connectivity index (χ4n) is 1.37. The third kappa shape index (κ3) is 2.34. The number of H-pyrrole nitrogens is 1. The van der Waals surface area contributed by atoms with Gasteiger partial charge in [0.2, 0.25) is 5.82 Å². The summed E-state index contributed by atoms with van der Waals surface area (Å²) in [6, 6.07) is 1.75. The molecule has 0 unspecified atom stereocenters. The van der Waals surface area contributed by atoms with Crippen LogP contribution >= 0.6 is 0 Å². The molecule has 0 saturated carbocycles. The first-order chi connectivity index (χ1) is 8.72. The highest BCUT2D eigenvalue weighted by molar-refractivity contribution is 5.61. The number of rotatable bonds is 5. The number of aromatic amines is 1. The number of methoxy groups -OCH3 is 1. The fraction of sp³-hybridized carbons (Fsp3) is 0.222. The van der Waals surface area contributed by atoms with Crippen LogP contribution in [-0.4, -0.2) is 32.2 Å². The van der Waals surface area contributed by atoms with Crippen molar-refractivity contribution < 1.29 is 9.66 Å². The van der Waals surface area contributed by atoms with E-state index in [-0.39, 0.29) is 17.4 Å². The summed E-state index contributed by atoms with van der Waals surface area (Å²) >= 11 is 0. The Morgan fingerprint density at radius 2 is 2.39 bits per heavy atom. The Hall–Kier alpha value is -2.71. The van der Waals surface area contributed by atoms with Gasteiger partial charge in [-0.3, -0.25) is 15.2 Å². The molecule has 0 spiro atoms. The van der Waals surface area contributed by atoms with Gasteiger partial charge < -0.3 is 10.1 Å². The van der Waals surface area contributed by atoms with E-state index in [1.54, 1.807) is 12.3 Å². The van der Waals surface area contributed by atoms with Crippen LogP contribution in [0.4, 0.5) is 11.5 Å². The zero-order valence-electron chi connectivity index (χ0n) is 9.45. The maximum atomic E-state index is 10.9. The quantitative estimate of drug-likeness (QED) is 0.592. The SMILES string of the molecule is COc1ncnc(NCc2ccn[nH]2)c1[N+](=O)[O-]. The molecule has 2 aromatic heterocycles. The molecule has 0 aliphatic carbocycles. The molecule has 2 rings (SSSR count). The molecule has 18 heavy (non-hydrogen) atoms. The Kier molecular flexibility index (Phi) is 3.32. The predicted octanol–water partition coefficient (Wildman–Crippen LogP) is 0.729. The maximum Gasteiger partial charge on any atom is 0.372 e. The van der Waals surface area contributed by atoms with Crippen LogP contribution in [0, 0.1) is 10.1 Å². The van der Waals surface area contributed by atoms with Gasteiger partial charge in [0.05, 0.1) is 24.3 Å². The molecular weight excluding hydrogens is 240 g/mol. The van der Waals surface area contributed by atoms with Gasteiger partial charge in [0, 0.05) is 6.20 Å². The molecule has 0 aromatic carbocycles. The fourth-order valence-corrected chi connectivity index (χ4v) is 1.37. The Morgan fingerprint density at radius 3 is 3.00 bits per heavy atom. The van der Waals surface area contributed by atoms with E-state index >= 15 is 0 Å². The standard InChI is InChI=1S/C9H10N6O3/c1-18-9-7(15(16)17)8(11-5-12-9)10-4-6-2-3-13-14-6/h2-3,5H,4H2,1H3,(H,13,14)(H,10,11,12). The first kappa shape index (κ1) is 11.8. The number of aromatic nitrogens is 4. The predicted molar refractivity (Wildman–Crippen MR) is 61.2 cm³/mol. The summed E-state index contributed by atoms with van der Waals surface area (Å²) in [7, 11) is 1.31. The lowest BCUT2D eigenvalue weighted by Crippen LogP contribution is -2.07. The van der Waals surface area contributed by atoms with Gasteiger partial charge in [-0.1, -0.05) is 0 Å². The van der Waals surface area contributed by atoms with E-state index in [0.29, 0.717) is 6.54 Å². The van der Waals surface area contributed by atoms with Crippen molar-refractivity contribution in [3.8, 4) is 5.88 Å². The molecule has 0 atom stereocenters. The van der Waals surface area contributed by atoms with Gasteiger partial charge >= 0.3 is 5.69 Å². The van der Waals surface area contributed by atoms with Crippen LogP contribution in [0.15, 0.2) is 18.6 Å². The van der Waals surface area contributed by atoms with Crippen LogP contribution in [-0.2, 0) is 6.54 Å². The Balaban J connectivity index is 2.24. The van der Waals surface area contributed by atoms with E-state index in [1.807, 2.05) is 0 Å². The normalized spacial score (nSPS) is 10.1. The number of anilines is 1. The smallest absolute Gasteiger partial charge is 0.372 e. The van der Waals surface area contributed by atoms with Crippen molar-refractivity contribution in [2.45, 2.75) is 6.54 Å². The lowest BCUT2D eigenvalue weighted by atomic mass is 10.4. The summed E-state index contributed by atoms with van der Waals surface area (Å²) in [5.41, 5.74) is 0.487. The van der Waals surface area contributed by atoms with E-state index in [1.165, 1.54) is 13.4 Å². The number of hydrogen-bond donors (Lipinski definition) is 2.